The van der Waals surface area contributed by atoms with Crippen LogP contribution in [0.5, 0.6) is 0 Å². The Morgan fingerprint density at radius 1 is 1.38 bits per heavy atom. The van der Waals surface area contributed by atoms with Crippen LogP contribution in [0.15, 0.2) is 28.8 Å². The van der Waals surface area contributed by atoms with E-state index in [4.69, 9.17) is 4.52 Å². The van der Waals surface area contributed by atoms with Crippen molar-refractivity contribution in [3.05, 3.63) is 47.1 Å². The third kappa shape index (κ3) is 4.99. The standard InChI is InChI=1S/C17H23N3O3S/c1-4-7-16-19-15(20-23-16)11-24(22)13(3)17(21)18-10-14-9-6-5-8-12(14)2/h5-6,8-9,13H,4,7,10-11H2,1-3H3,(H,18,21)/t13-,24+/m1/s1. The van der Waals surface area contributed by atoms with Gasteiger partial charge in [0.1, 0.15) is 5.25 Å². The van der Waals surface area contributed by atoms with Crippen molar-refractivity contribution in [3.8, 4) is 0 Å². The van der Waals surface area contributed by atoms with Crippen LogP contribution in [-0.2, 0) is 34.3 Å². The van der Waals surface area contributed by atoms with Crippen molar-refractivity contribution in [2.45, 2.75) is 51.2 Å². The van der Waals surface area contributed by atoms with Gasteiger partial charge in [-0.15, -0.1) is 0 Å². The molecule has 1 N–H and O–H groups in total. The Balaban J connectivity index is 1.87. The average molecular weight is 349 g/mol. The Morgan fingerprint density at radius 3 is 2.83 bits per heavy atom. The van der Waals surface area contributed by atoms with E-state index < -0.39 is 16.0 Å². The number of carbonyl (C=O) groups excluding carboxylic acids is 1. The molecule has 0 spiro atoms. The minimum Gasteiger partial charge on any atom is -0.351 e. The van der Waals surface area contributed by atoms with Gasteiger partial charge in [-0.25, -0.2) is 0 Å². The second-order valence-corrected chi connectivity index (χ2v) is 7.42. The molecule has 24 heavy (non-hydrogen) atoms. The Hall–Kier alpha value is -2.02. The van der Waals surface area contributed by atoms with Gasteiger partial charge < -0.3 is 9.84 Å². The highest BCUT2D eigenvalue weighted by molar-refractivity contribution is 7.85. The van der Waals surface area contributed by atoms with E-state index in [1.54, 1.807) is 6.92 Å². The maximum atomic E-state index is 12.3. The van der Waals surface area contributed by atoms with E-state index in [-0.39, 0.29) is 11.7 Å². The first kappa shape index (κ1) is 18.3. The van der Waals surface area contributed by atoms with E-state index >= 15 is 0 Å². The van der Waals surface area contributed by atoms with Gasteiger partial charge >= 0.3 is 0 Å². The van der Waals surface area contributed by atoms with E-state index in [1.807, 2.05) is 38.1 Å². The third-order valence-electron chi connectivity index (χ3n) is 3.72. The molecule has 2 rings (SSSR count). The summed E-state index contributed by atoms with van der Waals surface area (Å²) in [5, 5.41) is 6.01. The summed E-state index contributed by atoms with van der Waals surface area (Å²) in [6.07, 6.45) is 1.61. The normalized spacial score (nSPS) is 13.5. The zero-order valence-electron chi connectivity index (χ0n) is 14.2. The summed E-state index contributed by atoms with van der Waals surface area (Å²) >= 11 is 0. The van der Waals surface area contributed by atoms with Gasteiger partial charge in [-0.1, -0.05) is 36.3 Å². The third-order valence-corrected chi connectivity index (χ3v) is 5.27. The quantitative estimate of drug-likeness (QED) is 0.790. The second kappa shape index (κ2) is 8.73. The SMILES string of the molecule is CCCc1nc(C[S@](=O)[C@H](C)C(=O)NCc2ccccc2C)no1. The smallest absolute Gasteiger partial charge is 0.235 e. The van der Waals surface area contributed by atoms with Gasteiger partial charge in [0.2, 0.25) is 11.8 Å². The van der Waals surface area contributed by atoms with E-state index in [9.17, 15) is 9.00 Å². The molecule has 2 aromatic rings. The summed E-state index contributed by atoms with van der Waals surface area (Å²) in [7, 11) is -1.40. The van der Waals surface area contributed by atoms with Gasteiger partial charge in [0.25, 0.3) is 0 Å². The molecule has 0 bridgehead atoms. The molecule has 0 saturated carbocycles. The van der Waals surface area contributed by atoms with E-state index in [0.29, 0.717) is 24.7 Å². The van der Waals surface area contributed by atoms with Gasteiger partial charge in [-0.2, -0.15) is 4.98 Å². The van der Waals surface area contributed by atoms with Crippen LogP contribution in [0.4, 0.5) is 0 Å². The maximum Gasteiger partial charge on any atom is 0.235 e. The summed E-state index contributed by atoms with van der Waals surface area (Å²) in [4.78, 5) is 16.4. The van der Waals surface area contributed by atoms with Gasteiger partial charge in [0, 0.05) is 23.8 Å². The molecule has 0 aliphatic rings. The molecule has 0 radical (unpaired) electrons. The Labute approximate surface area is 144 Å². The van der Waals surface area contributed by atoms with Crippen LogP contribution in [0, 0.1) is 6.92 Å². The van der Waals surface area contributed by atoms with Crippen LogP contribution < -0.4 is 5.32 Å². The Morgan fingerprint density at radius 2 is 2.12 bits per heavy atom. The van der Waals surface area contributed by atoms with Crippen LogP contribution >= 0.6 is 0 Å². The average Bonchev–Trinajstić information content (AvgIpc) is 3.00. The summed E-state index contributed by atoms with van der Waals surface area (Å²) in [6, 6.07) is 7.84. The molecular formula is C17H23N3O3S. The summed E-state index contributed by atoms with van der Waals surface area (Å²) in [5.41, 5.74) is 2.16. The van der Waals surface area contributed by atoms with Crippen molar-refractivity contribution >= 4 is 16.7 Å². The summed E-state index contributed by atoms with van der Waals surface area (Å²) in [6.45, 7) is 6.09. The van der Waals surface area contributed by atoms with E-state index in [1.165, 1.54) is 0 Å². The van der Waals surface area contributed by atoms with Crippen molar-refractivity contribution in [1.29, 1.82) is 0 Å². The first-order valence-corrected chi connectivity index (χ1v) is 9.40. The predicted octanol–water partition coefficient (Wildman–Crippen LogP) is 2.28. The first-order valence-electron chi connectivity index (χ1n) is 8.02. The van der Waals surface area contributed by atoms with E-state index in [2.05, 4.69) is 15.5 Å². The zero-order valence-corrected chi connectivity index (χ0v) is 15.1. The number of rotatable bonds is 8. The number of carbonyl (C=O) groups is 1. The molecule has 1 heterocycles. The number of hydrogen-bond donors (Lipinski definition) is 1. The molecular weight excluding hydrogens is 326 g/mol. The molecule has 1 aromatic carbocycles. The minimum absolute atomic E-state index is 0.117. The molecule has 0 unspecified atom stereocenters. The fourth-order valence-electron chi connectivity index (χ4n) is 2.17. The first-order chi connectivity index (χ1) is 11.5. The molecule has 1 aromatic heterocycles. The number of benzene rings is 1. The highest BCUT2D eigenvalue weighted by atomic mass is 32.2. The number of hydrogen-bond acceptors (Lipinski definition) is 5. The zero-order chi connectivity index (χ0) is 17.5. The second-order valence-electron chi connectivity index (χ2n) is 5.67. The number of amides is 1. The van der Waals surface area contributed by atoms with Gasteiger partial charge in [-0.05, 0) is 31.4 Å². The molecule has 0 aliphatic heterocycles. The molecule has 7 heteroatoms. The Bertz CT molecular complexity index is 715. The highest BCUT2D eigenvalue weighted by Crippen LogP contribution is 2.09. The van der Waals surface area contributed by atoms with Crippen molar-refractivity contribution in [1.82, 2.24) is 15.5 Å². The van der Waals surface area contributed by atoms with Gasteiger partial charge in [-0.3, -0.25) is 9.00 Å². The number of aryl methyl sites for hydroxylation is 2. The molecule has 130 valence electrons. The molecule has 0 fully saturated rings. The van der Waals surface area contributed by atoms with E-state index in [0.717, 1.165) is 17.5 Å². The summed E-state index contributed by atoms with van der Waals surface area (Å²) < 4.78 is 17.4. The lowest BCUT2D eigenvalue weighted by molar-refractivity contribution is -0.120. The largest absolute Gasteiger partial charge is 0.351 e. The van der Waals surface area contributed by atoms with Crippen LogP contribution in [0.1, 0.15) is 43.1 Å². The van der Waals surface area contributed by atoms with Crippen LogP contribution in [-0.4, -0.2) is 25.5 Å². The fourth-order valence-corrected chi connectivity index (χ4v) is 3.11. The predicted molar refractivity (Wildman–Crippen MR) is 92.6 cm³/mol. The fraction of sp³-hybridized carbons (Fsp3) is 0.471. The number of nitrogens with zero attached hydrogens (tertiary/aromatic N) is 2. The lowest BCUT2D eigenvalue weighted by atomic mass is 10.1. The van der Waals surface area contributed by atoms with Crippen molar-refractivity contribution in [2.24, 2.45) is 0 Å². The Kier molecular flexibility index (Phi) is 6.66. The maximum absolute atomic E-state index is 12.3. The van der Waals surface area contributed by atoms with Crippen LogP contribution in [0.3, 0.4) is 0 Å². The van der Waals surface area contributed by atoms with Crippen molar-refractivity contribution < 1.29 is 13.5 Å². The van der Waals surface area contributed by atoms with Crippen molar-refractivity contribution in [2.75, 3.05) is 0 Å². The highest BCUT2D eigenvalue weighted by Gasteiger charge is 2.22. The number of aromatic nitrogens is 2. The molecule has 2 atom stereocenters. The minimum atomic E-state index is -1.40. The van der Waals surface area contributed by atoms with Crippen LogP contribution in [0.2, 0.25) is 0 Å². The molecule has 0 saturated heterocycles. The molecule has 6 nitrogen and oxygen atoms in total. The summed E-state index contributed by atoms with van der Waals surface area (Å²) in [5.74, 6) is 0.803. The number of nitrogens with one attached hydrogen (secondary N) is 1. The van der Waals surface area contributed by atoms with Crippen molar-refractivity contribution in [3.63, 3.8) is 0 Å². The molecule has 0 aliphatic carbocycles. The van der Waals surface area contributed by atoms with Crippen LogP contribution in [0.25, 0.3) is 0 Å². The lowest BCUT2D eigenvalue weighted by Crippen LogP contribution is -2.35. The van der Waals surface area contributed by atoms with Gasteiger partial charge in [0.05, 0.1) is 5.75 Å². The topological polar surface area (TPSA) is 85.1 Å². The molecule has 1 amide bonds. The van der Waals surface area contributed by atoms with Gasteiger partial charge in [0.15, 0.2) is 5.82 Å². The lowest BCUT2D eigenvalue weighted by Gasteiger charge is -2.12. The monoisotopic (exact) mass is 349 g/mol.